The average molecular weight is 373 g/mol. The largest absolute Gasteiger partial charge is 0.493 e. The Morgan fingerprint density at radius 1 is 1.22 bits per heavy atom. The first-order valence-electron chi connectivity index (χ1n) is 7.51. The number of nitrogens with one attached hydrogen (secondary N) is 1. The van der Waals surface area contributed by atoms with Gasteiger partial charge in [-0.05, 0) is 35.9 Å². The van der Waals surface area contributed by atoms with Crippen LogP contribution in [0.4, 0.5) is 5.69 Å². The Labute approximate surface area is 153 Å². The van der Waals surface area contributed by atoms with Gasteiger partial charge in [-0.25, -0.2) is 10.2 Å². The fourth-order valence-electron chi connectivity index (χ4n) is 1.99. The lowest BCUT2D eigenvalue weighted by atomic mass is 10.2. The van der Waals surface area contributed by atoms with Gasteiger partial charge in [-0.3, -0.25) is 14.9 Å². The molecule has 0 atom stereocenters. The summed E-state index contributed by atoms with van der Waals surface area (Å²) < 4.78 is 10.2. The minimum absolute atomic E-state index is 0.118. The number of methoxy groups -OCH3 is 1. The zero-order valence-electron chi connectivity index (χ0n) is 14.1. The minimum Gasteiger partial charge on any atom is -0.493 e. The predicted molar refractivity (Wildman–Crippen MR) is 94.3 cm³/mol. The minimum atomic E-state index is -1.11. The monoisotopic (exact) mass is 373 g/mol. The summed E-state index contributed by atoms with van der Waals surface area (Å²) in [4.78, 5) is 32.5. The van der Waals surface area contributed by atoms with Crippen molar-refractivity contribution in [1.82, 2.24) is 5.43 Å². The number of hydrogen-bond donors (Lipinski definition) is 2. The molecule has 2 aromatic carbocycles. The number of ether oxygens (including phenoxy) is 2. The number of carbonyl (C=O) groups is 2. The number of rotatable bonds is 8. The molecule has 0 heterocycles. The van der Waals surface area contributed by atoms with E-state index in [-0.39, 0.29) is 17.0 Å². The van der Waals surface area contributed by atoms with Crippen molar-refractivity contribution >= 4 is 23.8 Å². The number of amides is 1. The van der Waals surface area contributed by atoms with Crippen LogP contribution in [0.25, 0.3) is 0 Å². The first-order chi connectivity index (χ1) is 12.9. The van der Waals surface area contributed by atoms with E-state index in [0.717, 1.165) is 0 Å². The third kappa shape index (κ3) is 5.53. The highest BCUT2D eigenvalue weighted by Crippen LogP contribution is 2.27. The van der Waals surface area contributed by atoms with E-state index in [0.29, 0.717) is 11.3 Å². The summed E-state index contributed by atoms with van der Waals surface area (Å²) in [6.07, 6.45) is 1.35. The van der Waals surface area contributed by atoms with Crippen LogP contribution in [0, 0.1) is 10.1 Å². The first kappa shape index (κ1) is 19.4. The van der Waals surface area contributed by atoms with E-state index in [2.05, 4.69) is 10.5 Å². The van der Waals surface area contributed by atoms with Crippen LogP contribution in [0.15, 0.2) is 47.6 Å². The second-order valence-electron chi connectivity index (χ2n) is 5.10. The zero-order chi connectivity index (χ0) is 19.8. The first-order valence-corrected chi connectivity index (χ1v) is 7.51. The highest BCUT2D eigenvalue weighted by molar-refractivity contribution is 5.95. The molecule has 27 heavy (non-hydrogen) atoms. The standard InChI is InChI=1S/C17H15N3O7/c1-26-15-8-11(2-7-14(15)27-10-16(21)22)9-18-19-17(23)12-3-5-13(6-4-12)20(24)25/h2-9H,10H2,1H3,(H,19,23)(H,21,22)/b18-9-. The van der Waals surface area contributed by atoms with Crippen LogP contribution in [0.2, 0.25) is 0 Å². The number of nitro benzene ring substituents is 1. The number of carboxylic acid groups (broad SMARTS) is 1. The maximum atomic E-state index is 11.9. The number of nitrogens with zero attached hydrogens (tertiary/aromatic N) is 2. The van der Waals surface area contributed by atoms with E-state index in [1.165, 1.54) is 43.7 Å². The van der Waals surface area contributed by atoms with E-state index in [1.54, 1.807) is 12.1 Å². The van der Waals surface area contributed by atoms with Crippen LogP contribution in [-0.2, 0) is 4.79 Å². The van der Waals surface area contributed by atoms with Gasteiger partial charge < -0.3 is 14.6 Å². The van der Waals surface area contributed by atoms with Gasteiger partial charge in [-0.2, -0.15) is 5.10 Å². The number of aliphatic carboxylic acids is 1. The molecule has 10 heteroatoms. The molecule has 0 saturated heterocycles. The van der Waals surface area contributed by atoms with Gasteiger partial charge in [0.1, 0.15) is 0 Å². The third-order valence-corrected chi connectivity index (χ3v) is 3.26. The molecule has 0 aliphatic carbocycles. The Kier molecular flexibility index (Phi) is 6.42. The summed E-state index contributed by atoms with van der Waals surface area (Å²) in [6, 6.07) is 9.75. The molecular weight excluding hydrogens is 358 g/mol. The quantitative estimate of drug-likeness (QED) is 0.408. The van der Waals surface area contributed by atoms with E-state index < -0.39 is 23.4 Å². The highest BCUT2D eigenvalue weighted by atomic mass is 16.6. The van der Waals surface area contributed by atoms with Crippen molar-refractivity contribution in [3.63, 3.8) is 0 Å². The predicted octanol–water partition coefficient (Wildman–Crippen LogP) is 1.83. The van der Waals surface area contributed by atoms with Crippen LogP contribution in [0.1, 0.15) is 15.9 Å². The van der Waals surface area contributed by atoms with E-state index in [1.807, 2.05) is 0 Å². The highest BCUT2D eigenvalue weighted by Gasteiger charge is 2.09. The molecule has 0 radical (unpaired) electrons. The van der Waals surface area contributed by atoms with Gasteiger partial charge in [0.25, 0.3) is 11.6 Å². The second-order valence-corrected chi connectivity index (χ2v) is 5.10. The average Bonchev–Trinajstić information content (AvgIpc) is 2.66. The fraction of sp³-hybridized carbons (Fsp3) is 0.118. The molecule has 0 saturated carbocycles. The van der Waals surface area contributed by atoms with Gasteiger partial charge in [0.2, 0.25) is 0 Å². The molecule has 0 aromatic heterocycles. The zero-order valence-corrected chi connectivity index (χ0v) is 14.1. The van der Waals surface area contributed by atoms with Crippen molar-refractivity contribution in [2.45, 2.75) is 0 Å². The summed E-state index contributed by atoms with van der Waals surface area (Å²) in [5, 5.41) is 23.0. The Bertz CT molecular complexity index is 879. The van der Waals surface area contributed by atoms with Gasteiger partial charge in [0.15, 0.2) is 18.1 Å². The SMILES string of the molecule is COc1cc(/C=N\NC(=O)c2ccc([N+](=O)[O-])cc2)ccc1OCC(=O)O. The Hall–Kier alpha value is -3.95. The molecule has 2 rings (SSSR count). The lowest BCUT2D eigenvalue weighted by molar-refractivity contribution is -0.384. The van der Waals surface area contributed by atoms with Crippen LogP contribution >= 0.6 is 0 Å². The molecule has 140 valence electrons. The number of benzene rings is 2. The number of carbonyl (C=O) groups excluding carboxylic acids is 1. The summed E-state index contributed by atoms with van der Waals surface area (Å²) in [5.41, 5.74) is 2.96. The molecular formula is C17H15N3O7. The maximum Gasteiger partial charge on any atom is 0.341 e. The van der Waals surface area contributed by atoms with Crippen LogP contribution in [0.5, 0.6) is 11.5 Å². The number of carboxylic acids is 1. The Morgan fingerprint density at radius 3 is 2.52 bits per heavy atom. The molecule has 0 unspecified atom stereocenters. The summed E-state index contributed by atoms with van der Waals surface area (Å²) in [6.45, 7) is -0.505. The third-order valence-electron chi connectivity index (χ3n) is 3.26. The van der Waals surface area contributed by atoms with Crippen molar-refractivity contribution in [1.29, 1.82) is 0 Å². The molecule has 1 amide bonds. The van der Waals surface area contributed by atoms with Gasteiger partial charge in [0, 0.05) is 17.7 Å². The molecule has 0 fully saturated rings. The molecule has 0 spiro atoms. The maximum absolute atomic E-state index is 11.9. The van der Waals surface area contributed by atoms with Crippen LogP contribution < -0.4 is 14.9 Å². The van der Waals surface area contributed by atoms with Crippen molar-refractivity contribution in [3.8, 4) is 11.5 Å². The summed E-state index contributed by atoms with van der Waals surface area (Å²) in [5.74, 6) is -1.08. The molecule has 10 nitrogen and oxygen atoms in total. The lowest BCUT2D eigenvalue weighted by Crippen LogP contribution is -2.17. The van der Waals surface area contributed by atoms with Crippen LogP contribution in [-0.4, -0.2) is 41.8 Å². The second kappa shape index (κ2) is 8.94. The van der Waals surface area contributed by atoms with Crippen molar-refractivity contribution < 1.29 is 29.1 Å². The molecule has 2 N–H and O–H groups in total. The topological polar surface area (TPSA) is 140 Å². The number of nitro groups is 1. The normalized spacial score (nSPS) is 10.4. The van der Waals surface area contributed by atoms with E-state index in [4.69, 9.17) is 14.6 Å². The van der Waals surface area contributed by atoms with Crippen molar-refractivity contribution in [2.24, 2.45) is 5.10 Å². The number of hydrazone groups is 1. The smallest absolute Gasteiger partial charge is 0.341 e. The number of hydrogen-bond acceptors (Lipinski definition) is 7. The lowest BCUT2D eigenvalue weighted by Gasteiger charge is -2.09. The Balaban J connectivity index is 2.01. The summed E-state index contributed by atoms with van der Waals surface area (Å²) in [7, 11) is 1.40. The molecule has 0 aliphatic heterocycles. The van der Waals surface area contributed by atoms with Gasteiger partial charge in [-0.1, -0.05) is 0 Å². The molecule has 0 bridgehead atoms. The molecule has 0 aliphatic rings. The van der Waals surface area contributed by atoms with E-state index >= 15 is 0 Å². The van der Waals surface area contributed by atoms with Crippen LogP contribution in [0.3, 0.4) is 0 Å². The van der Waals surface area contributed by atoms with Gasteiger partial charge in [0.05, 0.1) is 18.2 Å². The Morgan fingerprint density at radius 2 is 1.93 bits per heavy atom. The van der Waals surface area contributed by atoms with E-state index in [9.17, 15) is 19.7 Å². The summed E-state index contributed by atoms with van der Waals surface area (Å²) >= 11 is 0. The van der Waals surface area contributed by atoms with Gasteiger partial charge >= 0.3 is 5.97 Å². The molecule has 2 aromatic rings. The van der Waals surface area contributed by atoms with Crippen molar-refractivity contribution in [3.05, 3.63) is 63.7 Å². The van der Waals surface area contributed by atoms with Crippen molar-refractivity contribution in [2.75, 3.05) is 13.7 Å². The van der Waals surface area contributed by atoms with Gasteiger partial charge in [-0.15, -0.1) is 0 Å². The fourth-order valence-corrected chi connectivity index (χ4v) is 1.99. The number of non-ortho nitro benzene ring substituents is 1.